The number of thiocarbonyl (C=S) groups is 1. The van der Waals surface area contributed by atoms with Crippen LogP contribution in [0.2, 0.25) is 0 Å². The molecule has 6 heteroatoms. The molecule has 0 saturated carbocycles. The summed E-state index contributed by atoms with van der Waals surface area (Å²) in [6.07, 6.45) is 1.75. The van der Waals surface area contributed by atoms with E-state index in [4.69, 9.17) is 12.2 Å². The van der Waals surface area contributed by atoms with Gasteiger partial charge in [-0.15, -0.1) is 0 Å². The van der Waals surface area contributed by atoms with Crippen LogP contribution < -0.4 is 10.7 Å². The third-order valence-corrected chi connectivity index (χ3v) is 3.49. The molecule has 21 heavy (non-hydrogen) atoms. The minimum atomic E-state index is 0.484. The van der Waals surface area contributed by atoms with Crippen LogP contribution >= 0.6 is 12.2 Å². The molecule has 1 aromatic carbocycles. The summed E-state index contributed by atoms with van der Waals surface area (Å²) < 4.78 is 1.99. The molecule has 0 bridgehead atoms. The lowest BCUT2D eigenvalue weighted by Crippen LogP contribution is -2.28. The highest BCUT2D eigenvalue weighted by molar-refractivity contribution is 7.80. The molecule has 1 heterocycles. The van der Waals surface area contributed by atoms with Gasteiger partial charge < -0.3 is 5.32 Å². The highest BCUT2D eigenvalue weighted by Crippen LogP contribution is 2.12. The summed E-state index contributed by atoms with van der Waals surface area (Å²) in [6, 6.07) is 10.3. The minimum Gasteiger partial charge on any atom is -0.364 e. The normalized spacial score (nSPS) is 10.8. The van der Waals surface area contributed by atoms with E-state index in [1.807, 2.05) is 36.7 Å². The summed E-state index contributed by atoms with van der Waals surface area (Å²) in [5.41, 5.74) is 7.01. The number of hydrogen-bond donors (Lipinski definition) is 2. The van der Waals surface area contributed by atoms with Crippen molar-refractivity contribution in [1.29, 1.82) is 0 Å². The molecular weight excluding hydrogens is 282 g/mol. The van der Waals surface area contributed by atoms with E-state index in [-0.39, 0.29) is 0 Å². The van der Waals surface area contributed by atoms with Crippen LogP contribution in [0.5, 0.6) is 0 Å². The SMILES string of the molecule is CNC(=S)N/N=C/c1c(C)nn(Cc2ccccc2)c1C. The summed E-state index contributed by atoms with van der Waals surface area (Å²) in [4.78, 5) is 0. The number of hydrazone groups is 1. The summed E-state index contributed by atoms with van der Waals surface area (Å²) in [6.45, 7) is 4.77. The first-order chi connectivity index (χ1) is 10.1. The number of aromatic nitrogens is 2. The molecule has 0 saturated heterocycles. The summed E-state index contributed by atoms with van der Waals surface area (Å²) >= 11 is 4.97. The second-order valence-electron chi connectivity index (χ2n) is 4.68. The fraction of sp³-hybridized carbons (Fsp3) is 0.267. The minimum absolute atomic E-state index is 0.484. The second-order valence-corrected chi connectivity index (χ2v) is 5.09. The van der Waals surface area contributed by atoms with Crippen LogP contribution in [-0.2, 0) is 6.54 Å². The van der Waals surface area contributed by atoms with Crippen LogP contribution in [-0.4, -0.2) is 28.2 Å². The highest BCUT2D eigenvalue weighted by Gasteiger charge is 2.09. The van der Waals surface area contributed by atoms with Gasteiger partial charge >= 0.3 is 0 Å². The molecule has 0 radical (unpaired) electrons. The smallest absolute Gasteiger partial charge is 0.186 e. The molecular formula is C15H19N5S. The Morgan fingerprint density at radius 1 is 1.33 bits per heavy atom. The Balaban J connectivity index is 2.16. The van der Waals surface area contributed by atoms with Gasteiger partial charge in [0.2, 0.25) is 0 Å². The van der Waals surface area contributed by atoms with Crippen molar-refractivity contribution < 1.29 is 0 Å². The van der Waals surface area contributed by atoms with Crippen molar-refractivity contribution in [1.82, 2.24) is 20.5 Å². The van der Waals surface area contributed by atoms with Crippen molar-refractivity contribution in [2.75, 3.05) is 7.05 Å². The maximum absolute atomic E-state index is 4.97. The zero-order valence-corrected chi connectivity index (χ0v) is 13.2. The van der Waals surface area contributed by atoms with Gasteiger partial charge in [-0.1, -0.05) is 30.3 Å². The topological polar surface area (TPSA) is 54.2 Å². The maximum atomic E-state index is 4.97. The van der Waals surface area contributed by atoms with Crippen LogP contribution in [0.15, 0.2) is 35.4 Å². The Labute approximate surface area is 130 Å². The van der Waals surface area contributed by atoms with Crippen molar-refractivity contribution in [3.8, 4) is 0 Å². The average molecular weight is 301 g/mol. The molecule has 0 aliphatic heterocycles. The van der Waals surface area contributed by atoms with Gasteiger partial charge in [-0.25, -0.2) is 0 Å². The van der Waals surface area contributed by atoms with Gasteiger partial charge in [-0.05, 0) is 31.6 Å². The first-order valence-electron chi connectivity index (χ1n) is 6.70. The van der Waals surface area contributed by atoms with Gasteiger partial charge in [-0.3, -0.25) is 10.1 Å². The van der Waals surface area contributed by atoms with E-state index < -0.39 is 0 Å². The Morgan fingerprint density at radius 2 is 2.05 bits per heavy atom. The van der Waals surface area contributed by atoms with Crippen LogP contribution in [0.1, 0.15) is 22.5 Å². The van der Waals surface area contributed by atoms with Crippen molar-refractivity contribution in [3.05, 3.63) is 52.8 Å². The quantitative estimate of drug-likeness (QED) is 0.515. The monoisotopic (exact) mass is 301 g/mol. The first-order valence-corrected chi connectivity index (χ1v) is 7.11. The second kappa shape index (κ2) is 6.99. The lowest BCUT2D eigenvalue weighted by molar-refractivity contribution is 0.659. The predicted molar refractivity (Wildman–Crippen MR) is 89.6 cm³/mol. The van der Waals surface area contributed by atoms with E-state index in [1.54, 1.807) is 13.3 Å². The lowest BCUT2D eigenvalue weighted by atomic mass is 10.2. The van der Waals surface area contributed by atoms with Crippen LogP contribution in [0, 0.1) is 13.8 Å². The van der Waals surface area contributed by atoms with Gasteiger partial charge in [0.25, 0.3) is 0 Å². The van der Waals surface area contributed by atoms with Gasteiger partial charge in [0, 0.05) is 18.3 Å². The average Bonchev–Trinajstić information content (AvgIpc) is 2.75. The standard InChI is InChI=1S/C15H19N5S/c1-11-14(9-17-18-15(21)16-3)12(2)20(19-11)10-13-7-5-4-6-8-13/h4-9H,10H2,1-3H3,(H2,16,18,21)/b17-9+. The van der Waals surface area contributed by atoms with Crippen LogP contribution in [0.25, 0.3) is 0 Å². The van der Waals surface area contributed by atoms with Crippen molar-refractivity contribution >= 4 is 23.5 Å². The molecule has 2 rings (SSSR count). The number of aryl methyl sites for hydroxylation is 1. The molecule has 0 amide bonds. The van der Waals surface area contributed by atoms with E-state index in [2.05, 4.69) is 33.1 Å². The maximum Gasteiger partial charge on any atom is 0.186 e. The number of hydrogen-bond acceptors (Lipinski definition) is 3. The largest absolute Gasteiger partial charge is 0.364 e. The first kappa shape index (κ1) is 15.2. The predicted octanol–water partition coefficient (Wildman–Crippen LogP) is 1.98. The Bertz CT molecular complexity index is 646. The van der Waals surface area contributed by atoms with Crippen LogP contribution in [0.4, 0.5) is 0 Å². The molecule has 0 fully saturated rings. The Hall–Kier alpha value is -2.21. The number of nitrogens with zero attached hydrogens (tertiary/aromatic N) is 3. The van der Waals surface area contributed by atoms with E-state index in [9.17, 15) is 0 Å². The van der Waals surface area contributed by atoms with Crippen LogP contribution in [0.3, 0.4) is 0 Å². The Kier molecular flexibility index (Phi) is 5.05. The van der Waals surface area contributed by atoms with Gasteiger partial charge in [0.15, 0.2) is 5.11 Å². The molecule has 0 spiro atoms. The van der Waals surface area contributed by atoms with Gasteiger partial charge in [0.1, 0.15) is 0 Å². The third-order valence-electron chi connectivity index (χ3n) is 3.20. The molecule has 5 nitrogen and oxygen atoms in total. The molecule has 2 aromatic rings. The molecule has 0 unspecified atom stereocenters. The van der Waals surface area contributed by atoms with Crippen molar-refractivity contribution in [2.24, 2.45) is 5.10 Å². The number of nitrogens with one attached hydrogen (secondary N) is 2. The zero-order chi connectivity index (χ0) is 15.2. The fourth-order valence-corrected chi connectivity index (χ4v) is 2.07. The molecule has 0 atom stereocenters. The van der Waals surface area contributed by atoms with Crippen molar-refractivity contribution in [3.63, 3.8) is 0 Å². The molecule has 1 aromatic heterocycles. The summed E-state index contributed by atoms with van der Waals surface area (Å²) in [5.74, 6) is 0. The summed E-state index contributed by atoms with van der Waals surface area (Å²) in [7, 11) is 1.75. The zero-order valence-electron chi connectivity index (χ0n) is 12.4. The number of benzene rings is 1. The lowest BCUT2D eigenvalue weighted by Gasteiger charge is -2.04. The van der Waals surface area contributed by atoms with Crippen molar-refractivity contribution in [2.45, 2.75) is 20.4 Å². The van der Waals surface area contributed by atoms with E-state index in [0.717, 1.165) is 23.5 Å². The van der Waals surface area contributed by atoms with E-state index >= 15 is 0 Å². The highest BCUT2D eigenvalue weighted by atomic mass is 32.1. The fourth-order valence-electron chi connectivity index (χ4n) is 2.02. The van der Waals surface area contributed by atoms with Gasteiger partial charge in [0.05, 0.1) is 18.5 Å². The molecule has 0 aliphatic rings. The number of rotatable bonds is 4. The van der Waals surface area contributed by atoms with E-state index in [1.165, 1.54) is 5.56 Å². The van der Waals surface area contributed by atoms with E-state index in [0.29, 0.717) is 5.11 Å². The Morgan fingerprint density at radius 3 is 2.71 bits per heavy atom. The molecule has 2 N–H and O–H groups in total. The van der Waals surface area contributed by atoms with Gasteiger partial charge in [-0.2, -0.15) is 10.2 Å². The summed E-state index contributed by atoms with van der Waals surface area (Å²) in [5, 5.41) is 12.0. The third kappa shape index (κ3) is 3.88. The molecule has 110 valence electrons. The molecule has 0 aliphatic carbocycles.